The summed E-state index contributed by atoms with van der Waals surface area (Å²) in [5, 5.41) is 2.68. The number of hydrogen-bond acceptors (Lipinski definition) is 8. The molecule has 0 aromatic carbocycles. The third-order valence-electron chi connectivity index (χ3n) is 5.33. The maximum absolute atomic E-state index is 11.8. The van der Waals surface area contributed by atoms with Crippen LogP contribution in [0.1, 0.15) is 88.0 Å². The van der Waals surface area contributed by atoms with E-state index in [2.05, 4.69) is 5.32 Å². The van der Waals surface area contributed by atoms with Gasteiger partial charge in [0.15, 0.2) is 0 Å². The van der Waals surface area contributed by atoms with Crippen molar-refractivity contribution in [3.8, 4) is 0 Å². The van der Waals surface area contributed by atoms with Gasteiger partial charge in [0, 0.05) is 44.5 Å². The zero-order valence-corrected chi connectivity index (χ0v) is 25.9. The molecule has 0 atom stereocenters. The number of ketones is 1. The number of amides is 3. The van der Waals surface area contributed by atoms with Crippen molar-refractivity contribution in [2.75, 3.05) is 52.7 Å². The molecule has 10 nitrogen and oxygen atoms in total. The number of rotatable bonds is 20. The normalized spacial score (nSPS) is 13.0. The number of hydrogen-bond donors (Lipinski definition) is 1. The second kappa shape index (κ2) is 22.7. The van der Waals surface area contributed by atoms with E-state index in [1.54, 1.807) is 0 Å². The highest BCUT2D eigenvalue weighted by atomic mass is 16.6. The second-order valence-electron chi connectivity index (χ2n) is 9.53. The van der Waals surface area contributed by atoms with E-state index >= 15 is 0 Å². The molecule has 0 aliphatic carbocycles. The van der Waals surface area contributed by atoms with Gasteiger partial charge in [0.1, 0.15) is 5.78 Å². The van der Waals surface area contributed by atoms with Gasteiger partial charge in [-0.2, -0.15) is 0 Å². The van der Waals surface area contributed by atoms with Crippen LogP contribution in [0.3, 0.4) is 0 Å². The van der Waals surface area contributed by atoms with Crippen molar-refractivity contribution in [2.45, 2.75) is 99.2 Å². The summed E-state index contributed by atoms with van der Waals surface area (Å²) in [6.45, 7) is 20.5. The summed E-state index contributed by atoms with van der Waals surface area (Å²) in [5.74, 6) is -0.798. The predicted molar refractivity (Wildman–Crippen MR) is 152 cm³/mol. The van der Waals surface area contributed by atoms with Crippen LogP contribution in [0.2, 0.25) is 0 Å². The third kappa shape index (κ3) is 20.4. The summed E-state index contributed by atoms with van der Waals surface area (Å²) >= 11 is 0. The first kappa shape index (κ1) is 39.0. The summed E-state index contributed by atoms with van der Waals surface area (Å²) in [5.41, 5.74) is -0.863. The molecule has 0 saturated carbocycles. The zero-order chi connectivity index (χ0) is 30.3. The molecule has 1 aliphatic heterocycles. The molecule has 0 aromatic rings. The first-order valence-electron chi connectivity index (χ1n) is 14.2. The lowest BCUT2D eigenvalue weighted by Gasteiger charge is -2.32. The first-order chi connectivity index (χ1) is 18.5. The average molecular weight is 559 g/mol. The highest BCUT2D eigenvalue weighted by molar-refractivity contribution is 6.13. The van der Waals surface area contributed by atoms with Crippen LogP contribution < -0.4 is 5.32 Å². The van der Waals surface area contributed by atoms with Crippen molar-refractivity contribution in [1.29, 1.82) is 0 Å². The van der Waals surface area contributed by atoms with E-state index in [4.69, 9.17) is 18.9 Å². The van der Waals surface area contributed by atoms with Gasteiger partial charge in [0.05, 0.1) is 50.8 Å². The largest absolute Gasteiger partial charge is 0.377 e. The van der Waals surface area contributed by atoms with Crippen molar-refractivity contribution in [2.24, 2.45) is 0 Å². The minimum Gasteiger partial charge on any atom is -0.377 e. The van der Waals surface area contributed by atoms with Crippen LogP contribution in [0.4, 0.5) is 0 Å². The average Bonchev–Trinajstić information content (AvgIpc) is 3.25. The minimum atomic E-state index is -0.476. The van der Waals surface area contributed by atoms with Gasteiger partial charge in [-0.3, -0.25) is 24.1 Å². The molecule has 0 saturated heterocycles. The van der Waals surface area contributed by atoms with Crippen LogP contribution in [0, 0.1) is 0 Å². The molecule has 1 heterocycles. The highest BCUT2D eigenvalue weighted by Gasteiger charge is 2.26. The van der Waals surface area contributed by atoms with Crippen LogP contribution >= 0.6 is 0 Å². The number of carbonyl (C=O) groups is 4. The first-order valence-corrected chi connectivity index (χ1v) is 14.2. The Morgan fingerprint density at radius 1 is 0.795 bits per heavy atom. The molecule has 3 amide bonds. The predicted octanol–water partition coefficient (Wildman–Crippen LogP) is 3.85. The van der Waals surface area contributed by atoms with E-state index in [0.29, 0.717) is 65.4 Å². The fourth-order valence-corrected chi connectivity index (χ4v) is 3.01. The van der Waals surface area contributed by atoms with Gasteiger partial charge >= 0.3 is 0 Å². The van der Waals surface area contributed by atoms with Gasteiger partial charge in [-0.1, -0.05) is 34.6 Å². The summed E-state index contributed by atoms with van der Waals surface area (Å²) in [7, 11) is 0. The van der Waals surface area contributed by atoms with Crippen LogP contribution in [0.25, 0.3) is 0 Å². The second-order valence-corrected chi connectivity index (χ2v) is 9.53. The summed E-state index contributed by atoms with van der Waals surface area (Å²) < 4.78 is 22.8. The summed E-state index contributed by atoms with van der Waals surface area (Å²) in [4.78, 5) is 47.2. The Kier molecular flexibility index (Phi) is 22.7. The number of carbonyl (C=O) groups excluding carboxylic acids is 4. The topological polar surface area (TPSA) is 120 Å². The quantitative estimate of drug-likeness (QED) is 0.177. The number of Topliss-reactive ketones (excluding diaryl/α,β-unsaturated/α-hetero) is 1. The lowest BCUT2D eigenvalue weighted by molar-refractivity contribution is -0.137. The fourth-order valence-electron chi connectivity index (χ4n) is 3.01. The van der Waals surface area contributed by atoms with E-state index in [1.807, 2.05) is 62.3 Å². The molecular weight excluding hydrogens is 504 g/mol. The van der Waals surface area contributed by atoms with Crippen LogP contribution in [0.5, 0.6) is 0 Å². The van der Waals surface area contributed by atoms with Crippen molar-refractivity contribution in [3.63, 3.8) is 0 Å². The van der Waals surface area contributed by atoms with Gasteiger partial charge < -0.3 is 24.3 Å². The molecule has 1 rings (SSSR count). The number of nitrogens with one attached hydrogen (secondary N) is 1. The molecule has 39 heavy (non-hydrogen) atoms. The number of nitrogens with zero attached hydrogens (tertiary/aromatic N) is 1. The molecule has 0 spiro atoms. The van der Waals surface area contributed by atoms with Gasteiger partial charge in [-0.25, -0.2) is 0 Å². The van der Waals surface area contributed by atoms with Gasteiger partial charge in [0.25, 0.3) is 11.8 Å². The van der Waals surface area contributed by atoms with Gasteiger partial charge in [0.2, 0.25) is 5.91 Å². The van der Waals surface area contributed by atoms with Crippen molar-refractivity contribution in [3.05, 3.63) is 12.2 Å². The maximum atomic E-state index is 11.8. The van der Waals surface area contributed by atoms with E-state index in [9.17, 15) is 19.2 Å². The van der Waals surface area contributed by atoms with Crippen molar-refractivity contribution >= 4 is 23.5 Å². The fraction of sp³-hybridized carbons (Fsp3) is 0.793. The van der Waals surface area contributed by atoms with E-state index in [-0.39, 0.29) is 30.3 Å². The maximum Gasteiger partial charge on any atom is 0.253 e. The molecule has 1 N–H and O–H groups in total. The van der Waals surface area contributed by atoms with Crippen LogP contribution in [-0.2, 0) is 38.1 Å². The zero-order valence-electron chi connectivity index (χ0n) is 25.9. The molecule has 1 aliphatic rings. The monoisotopic (exact) mass is 558 g/mol. The summed E-state index contributed by atoms with van der Waals surface area (Å²) in [6, 6.07) is 0. The van der Waals surface area contributed by atoms with E-state index in [1.165, 1.54) is 12.2 Å². The molecule has 228 valence electrons. The van der Waals surface area contributed by atoms with Crippen LogP contribution in [0.15, 0.2) is 12.2 Å². The molecule has 0 radical (unpaired) electrons. The number of imide groups is 1. The highest BCUT2D eigenvalue weighted by Crippen LogP contribution is 2.21. The van der Waals surface area contributed by atoms with Crippen LogP contribution in [-0.4, -0.2) is 92.3 Å². The summed E-state index contributed by atoms with van der Waals surface area (Å²) in [6.07, 6.45) is 4.20. The van der Waals surface area contributed by atoms with E-state index in [0.717, 1.165) is 4.90 Å². The Bertz CT molecular complexity index is 717. The van der Waals surface area contributed by atoms with Crippen molar-refractivity contribution in [1.82, 2.24) is 10.2 Å². The Morgan fingerprint density at radius 2 is 1.33 bits per heavy atom. The molecule has 0 bridgehead atoms. The Labute approximate surface area is 236 Å². The van der Waals surface area contributed by atoms with E-state index < -0.39 is 17.4 Å². The smallest absolute Gasteiger partial charge is 0.253 e. The molecule has 0 unspecified atom stereocenters. The third-order valence-corrected chi connectivity index (χ3v) is 5.33. The molecule has 0 fully saturated rings. The van der Waals surface area contributed by atoms with Gasteiger partial charge in [-0.15, -0.1) is 0 Å². The Hall–Kier alpha value is -2.14. The SMILES string of the molecule is CC.CC.CCC(=O)CCC(C)(C)OCC(C)(C)OCCOCCOCCNC(=O)CCN1C(=O)C=CC1=O. The lowest BCUT2D eigenvalue weighted by atomic mass is 9.99. The van der Waals surface area contributed by atoms with Crippen molar-refractivity contribution < 1.29 is 38.1 Å². The Balaban J connectivity index is 0. The molecule has 0 aromatic heterocycles. The Morgan fingerprint density at radius 3 is 1.90 bits per heavy atom. The number of ether oxygens (including phenoxy) is 4. The standard InChI is InChI=1S/C25H42N2O8.2C2H6/c1-6-20(28)9-11-24(2,3)35-19-25(4,5)34-18-17-33-16-15-32-14-12-26-21(29)10-13-27-22(30)7-8-23(27)31;2*1-2/h7-8H,6,9-19H2,1-5H3,(H,26,29);2*1-2H3. The molecular formula is C29H54N2O8. The van der Waals surface area contributed by atoms with Gasteiger partial charge in [-0.05, 0) is 34.1 Å². The lowest BCUT2D eigenvalue weighted by Crippen LogP contribution is -2.37. The molecule has 10 heteroatoms. The minimum absolute atomic E-state index is 0.0552.